The number of ether oxygens (including phenoxy) is 1. The number of hydrogen-bond acceptors (Lipinski definition) is 6. The van der Waals surface area contributed by atoms with Crippen molar-refractivity contribution in [3.05, 3.63) is 88.2 Å². The van der Waals surface area contributed by atoms with Gasteiger partial charge in [-0.25, -0.2) is 13.5 Å². The summed E-state index contributed by atoms with van der Waals surface area (Å²) in [4.78, 5) is 0.270. The SMILES string of the molecule is O=S(=O)(c1ccccc1)c1ccc(Oc2cc(Cl)cc(Cc3nnn[nH]3)c2)c(Cl)c1. The molecule has 0 atom stereocenters. The van der Waals surface area contributed by atoms with Gasteiger partial charge in [0.2, 0.25) is 9.84 Å². The smallest absolute Gasteiger partial charge is 0.206 e. The highest BCUT2D eigenvalue weighted by atomic mass is 35.5. The van der Waals surface area contributed by atoms with E-state index in [2.05, 4.69) is 20.6 Å². The van der Waals surface area contributed by atoms with Crippen molar-refractivity contribution in [1.29, 1.82) is 0 Å². The fourth-order valence-corrected chi connectivity index (χ4v) is 4.66. The summed E-state index contributed by atoms with van der Waals surface area (Å²) in [5.41, 5.74) is 0.829. The van der Waals surface area contributed by atoms with Crippen molar-refractivity contribution in [1.82, 2.24) is 20.6 Å². The predicted molar refractivity (Wildman–Crippen MR) is 112 cm³/mol. The molecule has 1 N–H and O–H groups in total. The molecule has 0 radical (unpaired) electrons. The van der Waals surface area contributed by atoms with E-state index in [1.54, 1.807) is 36.4 Å². The molecule has 1 heterocycles. The number of rotatable bonds is 6. The van der Waals surface area contributed by atoms with E-state index in [4.69, 9.17) is 27.9 Å². The minimum absolute atomic E-state index is 0.0793. The van der Waals surface area contributed by atoms with Crippen LogP contribution in [-0.2, 0) is 16.3 Å². The zero-order valence-corrected chi connectivity index (χ0v) is 17.6. The van der Waals surface area contributed by atoms with E-state index in [1.165, 1.54) is 30.3 Å². The lowest BCUT2D eigenvalue weighted by molar-refractivity contribution is 0.482. The molecule has 0 aliphatic carbocycles. The van der Waals surface area contributed by atoms with Crippen LogP contribution in [0.1, 0.15) is 11.4 Å². The fraction of sp³-hybridized carbons (Fsp3) is 0.0500. The number of halogens is 2. The number of nitrogens with one attached hydrogen (secondary N) is 1. The number of tetrazole rings is 1. The van der Waals surface area contributed by atoms with Gasteiger partial charge >= 0.3 is 0 Å². The van der Waals surface area contributed by atoms with E-state index < -0.39 is 9.84 Å². The number of sulfone groups is 1. The Bertz CT molecular complexity index is 1280. The Balaban J connectivity index is 1.59. The summed E-state index contributed by atoms with van der Waals surface area (Å²) >= 11 is 12.5. The van der Waals surface area contributed by atoms with E-state index in [-0.39, 0.29) is 14.8 Å². The standard InChI is InChI=1S/C20H14Cl2N4O3S/c21-14-8-13(10-20-23-25-26-24-20)9-15(11-14)29-19-7-6-17(12-18(19)22)30(27,28)16-4-2-1-3-5-16/h1-9,11-12H,10H2,(H,23,24,25,26). The van der Waals surface area contributed by atoms with Gasteiger partial charge in [0.15, 0.2) is 5.82 Å². The molecule has 0 fully saturated rings. The molecule has 0 bridgehead atoms. The van der Waals surface area contributed by atoms with Gasteiger partial charge in [-0.1, -0.05) is 41.4 Å². The van der Waals surface area contributed by atoms with Crippen LogP contribution in [0, 0.1) is 0 Å². The third kappa shape index (κ3) is 4.46. The summed E-state index contributed by atoms with van der Waals surface area (Å²) in [7, 11) is -3.68. The molecule has 4 rings (SSSR count). The quantitative estimate of drug-likeness (QED) is 0.446. The van der Waals surface area contributed by atoms with Gasteiger partial charge in [0.1, 0.15) is 11.5 Å². The Hall–Kier alpha value is -2.94. The number of aromatic nitrogens is 4. The van der Waals surface area contributed by atoms with Gasteiger partial charge in [-0.2, -0.15) is 0 Å². The third-order valence-electron chi connectivity index (χ3n) is 4.19. The summed E-state index contributed by atoms with van der Waals surface area (Å²) in [5.74, 6) is 1.33. The average molecular weight is 461 g/mol. The highest BCUT2D eigenvalue weighted by Gasteiger charge is 2.19. The molecule has 7 nitrogen and oxygen atoms in total. The lowest BCUT2D eigenvalue weighted by atomic mass is 10.1. The first-order valence-electron chi connectivity index (χ1n) is 8.71. The van der Waals surface area contributed by atoms with Gasteiger partial charge in [-0.15, -0.1) is 5.10 Å². The van der Waals surface area contributed by atoms with Crippen molar-refractivity contribution in [3.8, 4) is 11.5 Å². The Morgan fingerprint density at radius 2 is 1.73 bits per heavy atom. The van der Waals surface area contributed by atoms with Crippen LogP contribution in [0.5, 0.6) is 11.5 Å². The van der Waals surface area contributed by atoms with Crippen LogP contribution in [-0.4, -0.2) is 29.0 Å². The van der Waals surface area contributed by atoms with Crippen LogP contribution in [0.15, 0.2) is 76.5 Å². The summed E-state index contributed by atoms with van der Waals surface area (Å²) in [6.07, 6.45) is 0.436. The second kappa shape index (κ2) is 8.43. The van der Waals surface area contributed by atoms with E-state index in [9.17, 15) is 8.42 Å². The van der Waals surface area contributed by atoms with E-state index in [0.717, 1.165) is 5.56 Å². The second-order valence-corrected chi connectivity index (χ2v) is 9.12. The first-order chi connectivity index (χ1) is 14.4. The minimum atomic E-state index is -3.68. The van der Waals surface area contributed by atoms with Gasteiger partial charge in [0, 0.05) is 11.4 Å². The van der Waals surface area contributed by atoms with Gasteiger partial charge in [-0.3, -0.25) is 0 Å². The van der Waals surface area contributed by atoms with Crippen molar-refractivity contribution in [3.63, 3.8) is 0 Å². The molecule has 3 aromatic carbocycles. The molecular formula is C20H14Cl2N4O3S. The zero-order chi connectivity index (χ0) is 21.1. The predicted octanol–water partition coefficient (Wildman–Crippen LogP) is 4.72. The van der Waals surface area contributed by atoms with Crippen LogP contribution in [0.25, 0.3) is 0 Å². The topological polar surface area (TPSA) is 97.8 Å². The maximum atomic E-state index is 12.8. The van der Waals surface area contributed by atoms with Crippen LogP contribution in [0.2, 0.25) is 10.0 Å². The molecule has 0 saturated heterocycles. The number of benzene rings is 3. The lowest BCUT2D eigenvalue weighted by Crippen LogP contribution is -2.02. The molecule has 0 unspecified atom stereocenters. The molecule has 10 heteroatoms. The number of H-pyrrole nitrogens is 1. The number of aromatic amines is 1. The maximum Gasteiger partial charge on any atom is 0.206 e. The Labute approximate surface area is 182 Å². The molecular weight excluding hydrogens is 447 g/mol. The Morgan fingerprint density at radius 3 is 2.43 bits per heavy atom. The largest absolute Gasteiger partial charge is 0.456 e. The van der Waals surface area contributed by atoms with Crippen molar-refractivity contribution >= 4 is 33.0 Å². The van der Waals surface area contributed by atoms with Gasteiger partial charge in [0.05, 0.1) is 14.8 Å². The van der Waals surface area contributed by atoms with Gasteiger partial charge in [0.25, 0.3) is 0 Å². The van der Waals surface area contributed by atoms with Crippen molar-refractivity contribution in [2.24, 2.45) is 0 Å². The maximum absolute atomic E-state index is 12.8. The molecule has 0 aliphatic heterocycles. The Kier molecular flexibility index (Phi) is 5.72. The van der Waals surface area contributed by atoms with Crippen LogP contribution < -0.4 is 4.74 Å². The van der Waals surface area contributed by atoms with Crippen LogP contribution in [0.3, 0.4) is 0 Å². The first kappa shape index (κ1) is 20.3. The molecule has 1 aromatic heterocycles. The highest BCUT2D eigenvalue weighted by molar-refractivity contribution is 7.91. The molecule has 0 saturated carbocycles. The normalized spacial score (nSPS) is 11.4. The van der Waals surface area contributed by atoms with E-state index in [0.29, 0.717) is 28.8 Å². The third-order valence-corrected chi connectivity index (χ3v) is 6.47. The number of nitrogens with zero attached hydrogens (tertiary/aromatic N) is 3. The summed E-state index contributed by atoms with van der Waals surface area (Å²) < 4.78 is 31.4. The summed E-state index contributed by atoms with van der Waals surface area (Å²) in [5, 5.41) is 14.2. The first-order valence-corrected chi connectivity index (χ1v) is 11.0. The summed E-state index contributed by atoms with van der Waals surface area (Å²) in [6.45, 7) is 0. The molecule has 30 heavy (non-hydrogen) atoms. The highest BCUT2D eigenvalue weighted by Crippen LogP contribution is 2.34. The molecule has 152 valence electrons. The van der Waals surface area contributed by atoms with Crippen molar-refractivity contribution in [2.75, 3.05) is 0 Å². The molecule has 4 aromatic rings. The van der Waals surface area contributed by atoms with Crippen molar-refractivity contribution < 1.29 is 13.2 Å². The van der Waals surface area contributed by atoms with E-state index in [1.807, 2.05) is 0 Å². The number of hydrogen-bond donors (Lipinski definition) is 1. The Morgan fingerprint density at radius 1 is 0.933 bits per heavy atom. The van der Waals surface area contributed by atoms with E-state index >= 15 is 0 Å². The van der Waals surface area contributed by atoms with Crippen LogP contribution in [0.4, 0.5) is 0 Å². The van der Waals surface area contributed by atoms with Crippen molar-refractivity contribution in [2.45, 2.75) is 16.2 Å². The fourth-order valence-electron chi connectivity index (χ4n) is 2.82. The minimum Gasteiger partial charge on any atom is -0.456 e. The zero-order valence-electron chi connectivity index (χ0n) is 15.3. The lowest BCUT2D eigenvalue weighted by Gasteiger charge is -2.11. The summed E-state index contributed by atoms with van der Waals surface area (Å²) in [6, 6.07) is 17.7. The average Bonchev–Trinajstić information content (AvgIpc) is 3.22. The molecule has 0 spiro atoms. The van der Waals surface area contributed by atoms with Crippen LogP contribution >= 0.6 is 23.2 Å². The van der Waals surface area contributed by atoms with Gasteiger partial charge < -0.3 is 4.74 Å². The molecule has 0 aliphatic rings. The monoisotopic (exact) mass is 460 g/mol. The second-order valence-electron chi connectivity index (χ2n) is 6.33. The van der Waals surface area contributed by atoms with Gasteiger partial charge in [-0.05, 0) is 64.5 Å². The molecule has 0 amide bonds.